The minimum atomic E-state index is -0.574. The SMILES string of the molecule is O=COC(=O)CBr. The Labute approximate surface area is 48.8 Å². The summed E-state index contributed by atoms with van der Waals surface area (Å²) in [5.74, 6) is -0.574. The van der Waals surface area contributed by atoms with E-state index in [4.69, 9.17) is 0 Å². The van der Waals surface area contributed by atoms with Gasteiger partial charge in [0.15, 0.2) is 0 Å². The highest BCUT2D eigenvalue weighted by molar-refractivity contribution is 9.09. The molecule has 0 spiro atoms. The molecule has 0 fully saturated rings. The maximum Gasteiger partial charge on any atom is 0.324 e. The molecule has 0 bridgehead atoms. The van der Waals surface area contributed by atoms with Crippen molar-refractivity contribution in [3.05, 3.63) is 0 Å². The third-order valence-corrected chi connectivity index (χ3v) is 0.747. The van der Waals surface area contributed by atoms with Gasteiger partial charge in [0.05, 0.1) is 0 Å². The van der Waals surface area contributed by atoms with Crippen LogP contribution in [-0.4, -0.2) is 17.8 Å². The average Bonchev–Trinajstić information content (AvgIpc) is 1.68. The van der Waals surface area contributed by atoms with Crippen LogP contribution in [0.3, 0.4) is 0 Å². The molecule has 0 aliphatic carbocycles. The van der Waals surface area contributed by atoms with E-state index in [1.807, 2.05) is 0 Å². The number of alkyl halides is 1. The molecule has 0 aromatic heterocycles. The summed E-state index contributed by atoms with van der Waals surface area (Å²) < 4.78 is 3.82. The van der Waals surface area contributed by atoms with Crippen molar-refractivity contribution in [2.24, 2.45) is 0 Å². The van der Waals surface area contributed by atoms with Gasteiger partial charge in [0.25, 0.3) is 0 Å². The van der Waals surface area contributed by atoms with Gasteiger partial charge in [-0.15, -0.1) is 0 Å². The molecule has 0 saturated carbocycles. The molecule has 4 heteroatoms. The summed E-state index contributed by atoms with van der Waals surface area (Å²) in [6, 6.07) is 0. The third-order valence-electron chi connectivity index (χ3n) is 0.289. The van der Waals surface area contributed by atoms with Crippen LogP contribution < -0.4 is 0 Å². The van der Waals surface area contributed by atoms with E-state index in [1.165, 1.54) is 0 Å². The van der Waals surface area contributed by atoms with Gasteiger partial charge in [-0.3, -0.25) is 9.59 Å². The van der Waals surface area contributed by atoms with E-state index < -0.39 is 5.97 Å². The van der Waals surface area contributed by atoms with E-state index in [-0.39, 0.29) is 11.8 Å². The van der Waals surface area contributed by atoms with Crippen LogP contribution >= 0.6 is 15.9 Å². The third kappa shape index (κ3) is 3.45. The highest BCUT2D eigenvalue weighted by Gasteiger charge is 1.93. The van der Waals surface area contributed by atoms with E-state index in [2.05, 4.69) is 20.7 Å². The Hall–Kier alpha value is -0.380. The zero-order valence-electron chi connectivity index (χ0n) is 3.39. The molecule has 40 valence electrons. The van der Waals surface area contributed by atoms with Crippen LogP contribution in [-0.2, 0) is 14.3 Å². The molecule has 0 saturated heterocycles. The van der Waals surface area contributed by atoms with Crippen LogP contribution in [0.15, 0.2) is 0 Å². The molecule has 0 rings (SSSR count). The summed E-state index contributed by atoms with van der Waals surface area (Å²) in [5, 5.41) is 0.0613. The molecular formula is C3H3BrO3. The molecule has 7 heavy (non-hydrogen) atoms. The molecule has 0 aliphatic rings. The molecule has 0 aromatic carbocycles. The quantitative estimate of drug-likeness (QED) is 0.253. The van der Waals surface area contributed by atoms with Crippen LogP contribution in [0.25, 0.3) is 0 Å². The summed E-state index contributed by atoms with van der Waals surface area (Å²) in [7, 11) is 0. The van der Waals surface area contributed by atoms with Crippen molar-refractivity contribution in [1.29, 1.82) is 0 Å². The van der Waals surface area contributed by atoms with Gasteiger partial charge in [0, 0.05) is 0 Å². The highest BCUT2D eigenvalue weighted by Crippen LogP contribution is 1.80. The molecule has 0 aliphatic heterocycles. The second kappa shape index (κ2) is 3.80. The van der Waals surface area contributed by atoms with Crippen LogP contribution in [0, 0.1) is 0 Å². The van der Waals surface area contributed by atoms with Crippen molar-refractivity contribution in [3.8, 4) is 0 Å². The van der Waals surface area contributed by atoms with Crippen molar-refractivity contribution in [2.45, 2.75) is 0 Å². The fraction of sp³-hybridized carbons (Fsp3) is 0.333. The van der Waals surface area contributed by atoms with Gasteiger partial charge in [-0.25, -0.2) is 0 Å². The Morgan fingerprint density at radius 1 is 1.86 bits per heavy atom. The summed E-state index contributed by atoms with van der Waals surface area (Å²) in [6.07, 6.45) is 0. The number of carbonyl (C=O) groups excluding carboxylic acids is 2. The smallest absolute Gasteiger partial charge is 0.324 e. The minimum absolute atomic E-state index is 0.0613. The Kier molecular flexibility index (Phi) is 3.59. The second-order valence-electron chi connectivity index (χ2n) is 0.720. The van der Waals surface area contributed by atoms with Gasteiger partial charge >= 0.3 is 12.4 Å². The molecule has 0 unspecified atom stereocenters. The molecule has 0 N–H and O–H groups in total. The van der Waals surface area contributed by atoms with E-state index in [0.717, 1.165) is 0 Å². The number of carbonyl (C=O) groups is 2. The topological polar surface area (TPSA) is 43.4 Å². The van der Waals surface area contributed by atoms with E-state index >= 15 is 0 Å². The summed E-state index contributed by atoms with van der Waals surface area (Å²) in [4.78, 5) is 19.2. The summed E-state index contributed by atoms with van der Waals surface area (Å²) in [5.41, 5.74) is 0. The Bertz CT molecular complexity index is 80.2. The number of ether oxygens (including phenoxy) is 1. The number of halogens is 1. The molecule has 0 atom stereocenters. The predicted molar refractivity (Wildman–Crippen MR) is 25.9 cm³/mol. The number of hydrogen-bond acceptors (Lipinski definition) is 3. The maximum absolute atomic E-state index is 9.91. The molecule has 0 radical (unpaired) electrons. The lowest BCUT2D eigenvalue weighted by molar-refractivity contribution is -0.148. The van der Waals surface area contributed by atoms with Gasteiger partial charge in [-0.05, 0) is 0 Å². The molecule has 0 amide bonds. The largest absolute Gasteiger partial charge is 0.395 e. The lowest BCUT2D eigenvalue weighted by Gasteiger charge is -1.84. The lowest BCUT2D eigenvalue weighted by atomic mass is 10.8. The fourth-order valence-corrected chi connectivity index (χ4v) is 0.217. The van der Waals surface area contributed by atoms with Crippen LogP contribution in [0.5, 0.6) is 0 Å². The number of esters is 1. The molecule has 0 aromatic rings. The molecule has 3 nitrogen and oxygen atoms in total. The van der Waals surface area contributed by atoms with E-state index in [0.29, 0.717) is 0 Å². The predicted octanol–water partition coefficient (Wildman–Crippen LogP) is 0.0809. The van der Waals surface area contributed by atoms with E-state index in [1.54, 1.807) is 0 Å². The first-order valence-corrected chi connectivity index (χ1v) is 2.62. The van der Waals surface area contributed by atoms with Crippen LogP contribution in [0.2, 0.25) is 0 Å². The highest BCUT2D eigenvalue weighted by atomic mass is 79.9. The first-order valence-electron chi connectivity index (χ1n) is 1.50. The van der Waals surface area contributed by atoms with Crippen LogP contribution in [0.1, 0.15) is 0 Å². The monoisotopic (exact) mass is 166 g/mol. The van der Waals surface area contributed by atoms with Crippen molar-refractivity contribution in [1.82, 2.24) is 0 Å². The molecule has 0 heterocycles. The zero-order chi connectivity index (χ0) is 5.70. The van der Waals surface area contributed by atoms with Gasteiger partial charge in [0.2, 0.25) is 0 Å². The Morgan fingerprint density at radius 2 is 2.43 bits per heavy atom. The lowest BCUT2D eigenvalue weighted by Crippen LogP contribution is -2.02. The van der Waals surface area contributed by atoms with E-state index in [9.17, 15) is 9.59 Å². The van der Waals surface area contributed by atoms with Gasteiger partial charge in [0.1, 0.15) is 5.33 Å². The van der Waals surface area contributed by atoms with Crippen molar-refractivity contribution in [3.63, 3.8) is 0 Å². The van der Waals surface area contributed by atoms with Crippen molar-refractivity contribution >= 4 is 28.4 Å². The Morgan fingerprint density at radius 3 is 2.57 bits per heavy atom. The number of hydrogen-bond donors (Lipinski definition) is 0. The standard InChI is InChI=1S/C3H3BrO3/c4-1-3(6)7-2-5/h2H,1H2. The molecular weight excluding hydrogens is 164 g/mol. The second-order valence-corrected chi connectivity index (χ2v) is 1.28. The normalized spacial score (nSPS) is 7.57. The van der Waals surface area contributed by atoms with Gasteiger partial charge < -0.3 is 4.74 Å². The Balaban J connectivity index is 3.17. The first-order chi connectivity index (χ1) is 3.31. The van der Waals surface area contributed by atoms with Gasteiger partial charge in [-0.2, -0.15) is 0 Å². The van der Waals surface area contributed by atoms with Crippen molar-refractivity contribution < 1.29 is 14.3 Å². The first kappa shape index (κ1) is 6.62. The number of rotatable bonds is 2. The maximum atomic E-state index is 9.91. The fourth-order valence-electron chi connectivity index (χ4n) is 0.0852. The van der Waals surface area contributed by atoms with Crippen molar-refractivity contribution in [2.75, 3.05) is 5.33 Å². The summed E-state index contributed by atoms with van der Waals surface area (Å²) >= 11 is 2.78. The minimum Gasteiger partial charge on any atom is -0.395 e. The van der Waals surface area contributed by atoms with Crippen LogP contribution in [0.4, 0.5) is 0 Å². The summed E-state index contributed by atoms with van der Waals surface area (Å²) in [6.45, 7) is 0.101. The zero-order valence-corrected chi connectivity index (χ0v) is 4.97. The van der Waals surface area contributed by atoms with Gasteiger partial charge in [-0.1, -0.05) is 15.9 Å². The average molecular weight is 167 g/mol.